The highest BCUT2D eigenvalue weighted by molar-refractivity contribution is 5.94. The van der Waals surface area contributed by atoms with Crippen LogP contribution in [0.2, 0.25) is 0 Å². The first-order valence-electron chi connectivity index (χ1n) is 7.12. The van der Waals surface area contributed by atoms with Crippen molar-refractivity contribution in [2.45, 2.75) is 33.3 Å². The number of anilines is 1. The molecule has 1 atom stereocenters. The van der Waals surface area contributed by atoms with Gasteiger partial charge in [0.15, 0.2) is 0 Å². The fourth-order valence-electron chi connectivity index (χ4n) is 1.81. The molecule has 4 nitrogen and oxygen atoms in total. The molecule has 0 aliphatic carbocycles. The van der Waals surface area contributed by atoms with Gasteiger partial charge in [0.25, 0.3) is 5.91 Å². The first-order valence-corrected chi connectivity index (χ1v) is 7.12. The van der Waals surface area contributed by atoms with E-state index >= 15 is 0 Å². The van der Waals surface area contributed by atoms with Crippen LogP contribution in [0.1, 0.15) is 37.6 Å². The first kappa shape index (κ1) is 17.4. The Labute approximate surface area is 123 Å². The van der Waals surface area contributed by atoms with Crippen molar-refractivity contribution < 1.29 is 18.3 Å². The van der Waals surface area contributed by atoms with Gasteiger partial charge in [-0.2, -0.15) is 0 Å². The van der Waals surface area contributed by atoms with Crippen molar-refractivity contribution in [1.82, 2.24) is 5.32 Å². The van der Waals surface area contributed by atoms with Crippen LogP contribution < -0.4 is 10.6 Å². The number of rotatable bonds is 8. The molecule has 0 bridgehead atoms. The van der Waals surface area contributed by atoms with E-state index in [1.165, 1.54) is 0 Å². The lowest BCUT2D eigenvalue weighted by molar-refractivity contribution is 0.0695. The minimum atomic E-state index is -0.772. The van der Waals surface area contributed by atoms with Gasteiger partial charge >= 0.3 is 0 Å². The van der Waals surface area contributed by atoms with Gasteiger partial charge in [-0.25, -0.2) is 8.78 Å². The van der Waals surface area contributed by atoms with Crippen molar-refractivity contribution in [3.8, 4) is 0 Å². The van der Waals surface area contributed by atoms with Crippen LogP contribution in [0.15, 0.2) is 12.1 Å². The third-order valence-corrected chi connectivity index (χ3v) is 2.86. The largest absolute Gasteiger partial charge is 0.380 e. The van der Waals surface area contributed by atoms with Gasteiger partial charge in [0, 0.05) is 25.3 Å². The third-order valence-electron chi connectivity index (χ3n) is 2.86. The number of nitrogens with one attached hydrogen (secondary N) is 2. The Hall–Kier alpha value is -1.69. The number of benzene rings is 1. The number of carbonyl (C=O) groups is 1. The molecule has 1 unspecified atom stereocenters. The Kier molecular flexibility index (Phi) is 7.08. The van der Waals surface area contributed by atoms with Crippen LogP contribution in [-0.4, -0.2) is 31.7 Å². The molecule has 0 fully saturated rings. The van der Waals surface area contributed by atoms with Crippen molar-refractivity contribution in [1.29, 1.82) is 0 Å². The Bertz CT molecular complexity index is 458. The number of halogens is 2. The zero-order valence-corrected chi connectivity index (χ0v) is 12.6. The second kappa shape index (κ2) is 8.56. The van der Waals surface area contributed by atoms with Crippen molar-refractivity contribution in [2.75, 3.05) is 25.0 Å². The average Bonchev–Trinajstić information content (AvgIpc) is 2.44. The normalized spacial score (nSPS) is 12.0. The Morgan fingerprint density at radius 2 is 1.90 bits per heavy atom. The standard InChI is InChI=1S/C15H22F2N2O2/c1-4-6-18-14-12(16)7-11(8-13(14)17)15(20)19-9-10(3)21-5-2/h7-8,10,18H,4-6,9H2,1-3H3,(H,19,20). The van der Waals surface area contributed by atoms with Crippen LogP contribution in [0.4, 0.5) is 14.5 Å². The first-order chi connectivity index (χ1) is 9.99. The van der Waals surface area contributed by atoms with Crippen molar-refractivity contribution >= 4 is 11.6 Å². The molecule has 2 N–H and O–H groups in total. The molecular weight excluding hydrogens is 278 g/mol. The molecule has 0 aliphatic heterocycles. The molecule has 1 rings (SSSR count). The fourth-order valence-corrected chi connectivity index (χ4v) is 1.81. The van der Waals surface area contributed by atoms with E-state index in [2.05, 4.69) is 10.6 Å². The fraction of sp³-hybridized carbons (Fsp3) is 0.533. The van der Waals surface area contributed by atoms with Crippen LogP contribution in [0, 0.1) is 11.6 Å². The quantitative estimate of drug-likeness (QED) is 0.776. The van der Waals surface area contributed by atoms with E-state index in [-0.39, 0.29) is 23.9 Å². The van der Waals surface area contributed by atoms with Gasteiger partial charge in [0.1, 0.15) is 17.3 Å². The van der Waals surface area contributed by atoms with Gasteiger partial charge in [-0.3, -0.25) is 4.79 Å². The lowest BCUT2D eigenvalue weighted by Crippen LogP contribution is -2.32. The van der Waals surface area contributed by atoms with Crippen LogP contribution in [0.25, 0.3) is 0 Å². The smallest absolute Gasteiger partial charge is 0.251 e. The molecular formula is C15H22F2N2O2. The maximum absolute atomic E-state index is 13.8. The summed E-state index contributed by atoms with van der Waals surface area (Å²) in [6.07, 6.45) is 0.593. The molecule has 118 valence electrons. The molecule has 0 radical (unpaired) electrons. The third kappa shape index (κ3) is 5.30. The summed E-state index contributed by atoms with van der Waals surface area (Å²) in [6.45, 7) is 6.84. The van der Waals surface area contributed by atoms with E-state index < -0.39 is 17.5 Å². The highest BCUT2D eigenvalue weighted by Gasteiger charge is 2.15. The summed E-state index contributed by atoms with van der Waals surface area (Å²) in [5.41, 5.74) is -0.244. The number of carbonyl (C=O) groups excluding carboxylic acids is 1. The van der Waals surface area contributed by atoms with Crippen molar-refractivity contribution in [2.24, 2.45) is 0 Å². The number of amides is 1. The number of hydrogen-bond donors (Lipinski definition) is 2. The van der Waals surface area contributed by atoms with E-state index in [9.17, 15) is 13.6 Å². The molecule has 0 saturated carbocycles. The van der Waals surface area contributed by atoms with Gasteiger partial charge in [-0.1, -0.05) is 6.92 Å². The van der Waals surface area contributed by atoms with E-state index in [1.807, 2.05) is 20.8 Å². The highest BCUT2D eigenvalue weighted by Crippen LogP contribution is 2.20. The maximum atomic E-state index is 13.8. The molecule has 0 heterocycles. The lowest BCUT2D eigenvalue weighted by atomic mass is 10.1. The Morgan fingerprint density at radius 3 is 2.43 bits per heavy atom. The average molecular weight is 300 g/mol. The molecule has 0 spiro atoms. The molecule has 1 aromatic carbocycles. The Balaban J connectivity index is 2.73. The minimum absolute atomic E-state index is 0.0456. The van der Waals surface area contributed by atoms with Gasteiger partial charge in [-0.15, -0.1) is 0 Å². The van der Waals surface area contributed by atoms with Gasteiger partial charge in [0.2, 0.25) is 0 Å². The summed E-state index contributed by atoms with van der Waals surface area (Å²) in [6, 6.07) is 2.06. The predicted molar refractivity (Wildman–Crippen MR) is 78.6 cm³/mol. The zero-order valence-electron chi connectivity index (χ0n) is 12.6. The molecule has 21 heavy (non-hydrogen) atoms. The second-order valence-electron chi connectivity index (χ2n) is 4.72. The van der Waals surface area contributed by atoms with Crippen LogP contribution >= 0.6 is 0 Å². The number of ether oxygens (including phenoxy) is 1. The highest BCUT2D eigenvalue weighted by atomic mass is 19.1. The Morgan fingerprint density at radius 1 is 1.29 bits per heavy atom. The summed E-state index contributed by atoms with van der Waals surface area (Å²) in [5.74, 6) is -2.07. The van der Waals surface area contributed by atoms with Crippen molar-refractivity contribution in [3.63, 3.8) is 0 Å². The maximum Gasteiger partial charge on any atom is 0.251 e. The van der Waals surface area contributed by atoms with E-state index in [0.29, 0.717) is 13.2 Å². The van der Waals surface area contributed by atoms with Crippen molar-refractivity contribution in [3.05, 3.63) is 29.3 Å². The molecule has 1 aromatic rings. The van der Waals surface area contributed by atoms with E-state index in [1.54, 1.807) is 0 Å². The molecule has 1 amide bonds. The topological polar surface area (TPSA) is 50.4 Å². The predicted octanol–water partition coefficient (Wildman–Crippen LogP) is 2.94. The number of hydrogen-bond acceptors (Lipinski definition) is 3. The minimum Gasteiger partial charge on any atom is -0.380 e. The summed E-state index contributed by atoms with van der Waals surface area (Å²) in [5, 5.41) is 5.25. The summed E-state index contributed by atoms with van der Waals surface area (Å²) < 4.78 is 32.9. The van der Waals surface area contributed by atoms with Gasteiger partial charge in [-0.05, 0) is 32.4 Å². The second-order valence-corrected chi connectivity index (χ2v) is 4.72. The monoisotopic (exact) mass is 300 g/mol. The molecule has 6 heteroatoms. The van der Waals surface area contributed by atoms with Gasteiger partial charge in [0.05, 0.1) is 6.10 Å². The van der Waals surface area contributed by atoms with Crippen LogP contribution in [0.3, 0.4) is 0 Å². The van der Waals surface area contributed by atoms with E-state index in [4.69, 9.17) is 4.74 Å². The lowest BCUT2D eigenvalue weighted by Gasteiger charge is -2.13. The molecule has 0 aliphatic rings. The van der Waals surface area contributed by atoms with Crippen LogP contribution in [-0.2, 0) is 4.74 Å². The molecule has 0 aromatic heterocycles. The zero-order chi connectivity index (χ0) is 15.8. The SMILES string of the molecule is CCCNc1c(F)cc(C(=O)NCC(C)OCC)cc1F. The summed E-state index contributed by atoms with van der Waals surface area (Å²) in [4.78, 5) is 11.9. The van der Waals surface area contributed by atoms with Gasteiger partial charge < -0.3 is 15.4 Å². The summed E-state index contributed by atoms with van der Waals surface area (Å²) in [7, 11) is 0. The van der Waals surface area contributed by atoms with E-state index in [0.717, 1.165) is 18.6 Å². The van der Waals surface area contributed by atoms with Crippen LogP contribution in [0.5, 0.6) is 0 Å². The summed E-state index contributed by atoms with van der Waals surface area (Å²) >= 11 is 0. The molecule has 0 saturated heterocycles.